The first-order chi connectivity index (χ1) is 13.0. The SMILES string of the molecule is COC(=O)c1ccc(OC(C)C(=O)N2c3ccccc3CC2C)c(OC)c1. The third kappa shape index (κ3) is 3.60. The van der Waals surface area contributed by atoms with Gasteiger partial charge in [0.2, 0.25) is 0 Å². The van der Waals surface area contributed by atoms with Crippen molar-refractivity contribution in [2.75, 3.05) is 19.1 Å². The highest BCUT2D eigenvalue weighted by Gasteiger charge is 2.34. The lowest BCUT2D eigenvalue weighted by molar-refractivity contribution is -0.124. The Morgan fingerprint density at radius 2 is 1.85 bits per heavy atom. The maximum absolute atomic E-state index is 13.0. The molecule has 2 aromatic rings. The predicted octanol–water partition coefficient (Wildman–Crippen LogP) is 3.23. The highest BCUT2D eigenvalue weighted by molar-refractivity contribution is 5.99. The van der Waals surface area contributed by atoms with Crippen LogP contribution in [-0.2, 0) is 16.0 Å². The summed E-state index contributed by atoms with van der Waals surface area (Å²) in [5, 5.41) is 0. The number of nitrogens with zero attached hydrogens (tertiary/aromatic N) is 1. The number of methoxy groups -OCH3 is 2. The molecule has 0 spiro atoms. The highest BCUT2D eigenvalue weighted by atomic mass is 16.5. The van der Waals surface area contributed by atoms with Crippen LogP contribution in [-0.4, -0.2) is 38.2 Å². The first-order valence-corrected chi connectivity index (χ1v) is 8.80. The monoisotopic (exact) mass is 369 g/mol. The molecule has 0 radical (unpaired) electrons. The minimum absolute atomic E-state index is 0.0737. The van der Waals surface area contributed by atoms with Gasteiger partial charge in [-0.2, -0.15) is 0 Å². The van der Waals surface area contributed by atoms with Crippen molar-refractivity contribution in [3.63, 3.8) is 0 Å². The summed E-state index contributed by atoms with van der Waals surface area (Å²) in [5.74, 6) is 0.177. The molecule has 1 aliphatic rings. The molecule has 0 saturated carbocycles. The smallest absolute Gasteiger partial charge is 0.337 e. The number of ether oxygens (including phenoxy) is 3. The van der Waals surface area contributed by atoms with E-state index in [4.69, 9.17) is 14.2 Å². The minimum atomic E-state index is -0.712. The summed E-state index contributed by atoms with van der Waals surface area (Å²) >= 11 is 0. The molecule has 2 unspecified atom stereocenters. The van der Waals surface area contributed by atoms with Crippen LogP contribution in [0.25, 0.3) is 0 Å². The summed E-state index contributed by atoms with van der Waals surface area (Å²) in [4.78, 5) is 26.5. The first-order valence-electron chi connectivity index (χ1n) is 8.80. The van der Waals surface area contributed by atoms with E-state index in [0.717, 1.165) is 17.7 Å². The number of esters is 1. The van der Waals surface area contributed by atoms with Crippen LogP contribution < -0.4 is 14.4 Å². The summed E-state index contributed by atoms with van der Waals surface area (Å²) < 4.78 is 15.9. The average Bonchev–Trinajstić information content (AvgIpc) is 3.02. The van der Waals surface area contributed by atoms with Crippen molar-refractivity contribution in [1.82, 2.24) is 0 Å². The molecule has 1 aliphatic heterocycles. The maximum atomic E-state index is 13.0. The van der Waals surface area contributed by atoms with Crippen molar-refractivity contribution in [2.24, 2.45) is 0 Å². The predicted molar refractivity (Wildman–Crippen MR) is 102 cm³/mol. The zero-order chi connectivity index (χ0) is 19.6. The zero-order valence-electron chi connectivity index (χ0n) is 15.9. The number of carbonyl (C=O) groups is 2. The Bertz CT molecular complexity index is 863. The molecule has 2 atom stereocenters. The molecule has 27 heavy (non-hydrogen) atoms. The van der Waals surface area contributed by atoms with Crippen LogP contribution in [0.5, 0.6) is 11.5 Å². The van der Waals surface area contributed by atoms with Gasteiger partial charge in [-0.3, -0.25) is 4.79 Å². The Morgan fingerprint density at radius 1 is 1.11 bits per heavy atom. The van der Waals surface area contributed by atoms with Gasteiger partial charge in [0, 0.05) is 11.7 Å². The molecule has 0 aromatic heterocycles. The number of rotatable bonds is 5. The quantitative estimate of drug-likeness (QED) is 0.757. The standard InChI is InChI=1S/C21H23NO5/c1-13-11-15-7-5-6-8-17(15)22(13)20(23)14(2)27-18-10-9-16(21(24)26-4)12-19(18)25-3/h5-10,12-14H,11H2,1-4H3. The summed E-state index contributed by atoms with van der Waals surface area (Å²) in [5.41, 5.74) is 2.44. The van der Waals surface area contributed by atoms with E-state index in [1.54, 1.807) is 24.0 Å². The second-order valence-electron chi connectivity index (χ2n) is 6.51. The van der Waals surface area contributed by atoms with Crippen molar-refractivity contribution in [3.05, 3.63) is 53.6 Å². The van der Waals surface area contributed by atoms with Gasteiger partial charge in [-0.25, -0.2) is 4.79 Å². The lowest BCUT2D eigenvalue weighted by Crippen LogP contribution is -2.43. The lowest BCUT2D eigenvalue weighted by atomic mass is 10.1. The Labute approximate surface area is 158 Å². The number of anilines is 1. The second-order valence-corrected chi connectivity index (χ2v) is 6.51. The third-order valence-corrected chi connectivity index (χ3v) is 4.68. The van der Waals surface area contributed by atoms with Crippen molar-refractivity contribution < 1.29 is 23.8 Å². The largest absolute Gasteiger partial charge is 0.493 e. The first kappa shape index (κ1) is 18.8. The van der Waals surface area contributed by atoms with Crippen LogP contribution in [0, 0.1) is 0 Å². The molecule has 0 fully saturated rings. The summed E-state index contributed by atoms with van der Waals surface area (Å²) in [6.45, 7) is 3.74. The van der Waals surface area contributed by atoms with Crippen LogP contribution in [0.3, 0.4) is 0 Å². The van der Waals surface area contributed by atoms with Gasteiger partial charge in [-0.05, 0) is 50.1 Å². The molecule has 0 aliphatic carbocycles. The molecule has 0 saturated heterocycles. The van der Waals surface area contributed by atoms with E-state index in [0.29, 0.717) is 17.1 Å². The molecule has 2 aromatic carbocycles. The van der Waals surface area contributed by atoms with Crippen molar-refractivity contribution in [1.29, 1.82) is 0 Å². The molecule has 0 bridgehead atoms. The Kier molecular flexibility index (Phi) is 5.35. The van der Waals surface area contributed by atoms with Gasteiger partial charge in [0.1, 0.15) is 0 Å². The second kappa shape index (κ2) is 7.70. The molecular formula is C21H23NO5. The van der Waals surface area contributed by atoms with E-state index in [9.17, 15) is 9.59 Å². The minimum Gasteiger partial charge on any atom is -0.493 e. The average molecular weight is 369 g/mol. The molecule has 142 valence electrons. The summed E-state index contributed by atoms with van der Waals surface area (Å²) in [6, 6.07) is 12.7. The fraction of sp³-hybridized carbons (Fsp3) is 0.333. The van der Waals surface area contributed by atoms with Crippen LogP contribution in [0.2, 0.25) is 0 Å². The van der Waals surface area contributed by atoms with Crippen LogP contribution in [0.15, 0.2) is 42.5 Å². The highest BCUT2D eigenvalue weighted by Crippen LogP contribution is 2.34. The fourth-order valence-corrected chi connectivity index (χ4v) is 3.35. The molecule has 6 heteroatoms. The number of carbonyl (C=O) groups excluding carboxylic acids is 2. The topological polar surface area (TPSA) is 65.1 Å². The number of fused-ring (bicyclic) bond motifs is 1. The van der Waals surface area contributed by atoms with E-state index in [1.807, 2.05) is 31.2 Å². The molecular weight excluding hydrogens is 346 g/mol. The number of benzene rings is 2. The molecule has 6 nitrogen and oxygen atoms in total. The Morgan fingerprint density at radius 3 is 2.56 bits per heavy atom. The van der Waals surface area contributed by atoms with Gasteiger partial charge in [0.15, 0.2) is 17.6 Å². The Hall–Kier alpha value is -3.02. The summed E-state index contributed by atoms with van der Waals surface area (Å²) in [6.07, 6.45) is 0.114. The van der Waals surface area contributed by atoms with Crippen molar-refractivity contribution in [3.8, 4) is 11.5 Å². The van der Waals surface area contributed by atoms with Gasteiger partial charge >= 0.3 is 5.97 Å². The van der Waals surface area contributed by atoms with Gasteiger partial charge < -0.3 is 19.1 Å². The lowest BCUT2D eigenvalue weighted by Gasteiger charge is -2.26. The molecule has 3 rings (SSSR count). The van der Waals surface area contributed by atoms with Crippen molar-refractivity contribution >= 4 is 17.6 Å². The fourth-order valence-electron chi connectivity index (χ4n) is 3.35. The van der Waals surface area contributed by atoms with Crippen LogP contribution >= 0.6 is 0 Å². The van der Waals surface area contributed by atoms with Crippen LogP contribution in [0.1, 0.15) is 29.8 Å². The normalized spacial score (nSPS) is 16.4. The van der Waals surface area contributed by atoms with Crippen molar-refractivity contribution in [2.45, 2.75) is 32.4 Å². The van der Waals surface area contributed by atoms with Gasteiger partial charge in [-0.1, -0.05) is 18.2 Å². The number of amides is 1. The van der Waals surface area contributed by atoms with Gasteiger partial charge in [-0.15, -0.1) is 0 Å². The zero-order valence-corrected chi connectivity index (χ0v) is 15.9. The Balaban J connectivity index is 1.80. The molecule has 1 heterocycles. The number of para-hydroxylation sites is 1. The molecule has 1 amide bonds. The number of hydrogen-bond acceptors (Lipinski definition) is 5. The van der Waals surface area contributed by atoms with E-state index in [1.165, 1.54) is 20.3 Å². The van der Waals surface area contributed by atoms with Gasteiger partial charge in [0.05, 0.1) is 19.8 Å². The maximum Gasteiger partial charge on any atom is 0.337 e. The van der Waals surface area contributed by atoms with E-state index in [-0.39, 0.29) is 11.9 Å². The van der Waals surface area contributed by atoms with Gasteiger partial charge in [0.25, 0.3) is 5.91 Å². The third-order valence-electron chi connectivity index (χ3n) is 4.68. The summed E-state index contributed by atoms with van der Waals surface area (Å²) in [7, 11) is 2.80. The molecule has 0 N–H and O–H groups in total. The number of hydrogen-bond donors (Lipinski definition) is 0. The van der Waals surface area contributed by atoms with E-state index < -0.39 is 12.1 Å². The van der Waals surface area contributed by atoms with E-state index >= 15 is 0 Å². The van der Waals surface area contributed by atoms with E-state index in [2.05, 4.69) is 0 Å². The van der Waals surface area contributed by atoms with Crippen LogP contribution in [0.4, 0.5) is 5.69 Å².